The molecule has 2 aliphatic rings. The van der Waals surface area contributed by atoms with Crippen LogP contribution in [0.2, 0.25) is 0 Å². The average Bonchev–Trinajstić information content (AvgIpc) is 2.37. The van der Waals surface area contributed by atoms with Crippen molar-refractivity contribution >= 4 is 5.97 Å². The number of carboxylic acid groups (broad SMARTS) is 1. The molecule has 3 nitrogen and oxygen atoms in total. The SMILES string of the molecule is CN1C[C@H]2C[C@@]2(C(=O)O)C1. The lowest BCUT2D eigenvalue weighted by molar-refractivity contribution is -0.143. The average molecular weight is 141 g/mol. The monoisotopic (exact) mass is 141 g/mol. The second kappa shape index (κ2) is 1.53. The summed E-state index contributed by atoms with van der Waals surface area (Å²) >= 11 is 0. The van der Waals surface area contributed by atoms with Crippen LogP contribution in [0.1, 0.15) is 6.42 Å². The van der Waals surface area contributed by atoms with Gasteiger partial charge in [-0.2, -0.15) is 0 Å². The minimum Gasteiger partial charge on any atom is -0.481 e. The molecule has 10 heavy (non-hydrogen) atoms. The Bertz CT molecular complexity index is 192. The zero-order chi connectivity index (χ0) is 7.35. The van der Waals surface area contributed by atoms with E-state index in [1.165, 1.54) is 0 Å². The molecule has 1 N–H and O–H groups in total. The maximum Gasteiger partial charge on any atom is 0.311 e. The van der Waals surface area contributed by atoms with Gasteiger partial charge in [-0.15, -0.1) is 0 Å². The van der Waals surface area contributed by atoms with Gasteiger partial charge in [0.15, 0.2) is 0 Å². The number of aliphatic carboxylic acids is 1. The zero-order valence-corrected chi connectivity index (χ0v) is 6.00. The van der Waals surface area contributed by atoms with Crippen LogP contribution < -0.4 is 0 Å². The normalized spacial score (nSPS) is 45.1. The number of likely N-dealkylation sites (tertiary alicyclic amines) is 1. The third-order valence-corrected chi connectivity index (χ3v) is 2.74. The second-order valence-corrected chi connectivity index (χ2v) is 3.56. The van der Waals surface area contributed by atoms with Crippen LogP contribution in [0.5, 0.6) is 0 Å². The Morgan fingerprint density at radius 3 is 2.80 bits per heavy atom. The molecule has 0 spiro atoms. The van der Waals surface area contributed by atoms with Gasteiger partial charge in [-0.1, -0.05) is 0 Å². The summed E-state index contributed by atoms with van der Waals surface area (Å²) in [5, 5.41) is 8.81. The molecule has 3 heteroatoms. The Morgan fingerprint density at radius 1 is 1.80 bits per heavy atom. The van der Waals surface area contributed by atoms with Crippen molar-refractivity contribution in [1.82, 2.24) is 4.90 Å². The first-order valence-electron chi connectivity index (χ1n) is 3.57. The Balaban J connectivity index is 2.15. The van der Waals surface area contributed by atoms with E-state index < -0.39 is 5.97 Å². The predicted molar refractivity (Wildman–Crippen MR) is 35.7 cm³/mol. The van der Waals surface area contributed by atoms with Crippen molar-refractivity contribution < 1.29 is 9.90 Å². The lowest BCUT2D eigenvalue weighted by atomic mass is 10.1. The van der Waals surface area contributed by atoms with E-state index in [9.17, 15) is 4.79 Å². The first kappa shape index (κ1) is 6.16. The van der Waals surface area contributed by atoms with E-state index in [0.717, 1.165) is 19.5 Å². The lowest BCUT2D eigenvalue weighted by Gasteiger charge is -2.11. The Labute approximate surface area is 59.6 Å². The molecule has 0 aromatic heterocycles. The molecule has 2 rings (SSSR count). The molecule has 1 aliphatic heterocycles. The highest BCUT2D eigenvalue weighted by Crippen LogP contribution is 2.57. The molecule has 0 radical (unpaired) electrons. The van der Waals surface area contributed by atoms with Gasteiger partial charge in [-0.25, -0.2) is 0 Å². The van der Waals surface area contributed by atoms with Gasteiger partial charge in [-0.3, -0.25) is 4.79 Å². The smallest absolute Gasteiger partial charge is 0.311 e. The van der Waals surface area contributed by atoms with E-state index in [2.05, 4.69) is 4.90 Å². The maximum atomic E-state index is 10.7. The number of rotatable bonds is 1. The van der Waals surface area contributed by atoms with Crippen molar-refractivity contribution in [2.75, 3.05) is 20.1 Å². The van der Waals surface area contributed by atoms with Crippen LogP contribution in [0.15, 0.2) is 0 Å². The summed E-state index contributed by atoms with van der Waals surface area (Å²) in [6.07, 6.45) is 0.909. The van der Waals surface area contributed by atoms with Crippen molar-refractivity contribution in [1.29, 1.82) is 0 Å². The molecule has 0 amide bonds. The third kappa shape index (κ3) is 0.560. The fraction of sp³-hybridized carbons (Fsp3) is 0.857. The van der Waals surface area contributed by atoms with E-state index in [1.54, 1.807) is 0 Å². The van der Waals surface area contributed by atoms with E-state index in [-0.39, 0.29) is 5.41 Å². The van der Waals surface area contributed by atoms with Crippen LogP contribution in [0.4, 0.5) is 0 Å². The molecule has 1 saturated heterocycles. The number of hydrogen-bond acceptors (Lipinski definition) is 2. The molecule has 0 aromatic carbocycles. The van der Waals surface area contributed by atoms with E-state index in [0.29, 0.717) is 5.92 Å². The molecule has 2 fully saturated rings. The van der Waals surface area contributed by atoms with Gasteiger partial charge in [0.05, 0.1) is 5.41 Å². The van der Waals surface area contributed by atoms with Crippen LogP contribution in [0.3, 0.4) is 0 Å². The van der Waals surface area contributed by atoms with Crippen molar-refractivity contribution in [3.05, 3.63) is 0 Å². The van der Waals surface area contributed by atoms with Crippen molar-refractivity contribution in [2.45, 2.75) is 6.42 Å². The Kier molecular flexibility index (Phi) is 0.944. The fourth-order valence-corrected chi connectivity index (χ4v) is 2.07. The van der Waals surface area contributed by atoms with Crippen LogP contribution >= 0.6 is 0 Å². The summed E-state index contributed by atoms with van der Waals surface area (Å²) in [5.41, 5.74) is -0.325. The number of carbonyl (C=O) groups is 1. The summed E-state index contributed by atoms with van der Waals surface area (Å²) in [4.78, 5) is 12.8. The predicted octanol–water partition coefficient (Wildman–Crippen LogP) is 0.0227. The zero-order valence-electron chi connectivity index (χ0n) is 6.00. The molecule has 0 aromatic rings. The third-order valence-electron chi connectivity index (χ3n) is 2.74. The topological polar surface area (TPSA) is 40.5 Å². The van der Waals surface area contributed by atoms with Gasteiger partial charge in [0.25, 0.3) is 0 Å². The van der Waals surface area contributed by atoms with Gasteiger partial charge in [0.1, 0.15) is 0 Å². The minimum absolute atomic E-state index is 0.325. The molecular weight excluding hydrogens is 130 g/mol. The first-order chi connectivity index (χ1) is 4.65. The molecular formula is C7H11NO2. The first-order valence-corrected chi connectivity index (χ1v) is 3.57. The number of carboxylic acids is 1. The molecule has 1 heterocycles. The van der Waals surface area contributed by atoms with Gasteiger partial charge >= 0.3 is 5.97 Å². The summed E-state index contributed by atoms with van der Waals surface area (Å²) in [5.74, 6) is -0.142. The molecule has 1 aliphatic carbocycles. The minimum atomic E-state index is -0.596. The summed E-state index contributed by atoms with van der Waals surface area (Å²) < 4.78 is 0. The molecule has 56 valence electrons. The van der Waals surface area contributed by atoms with Gasteiger partial charge in [0, 0.05) is 13.1 Å². The maximum absolute atomic E-state index is 10.7. The molecule has 0 unspecified atom stereocenters. The molecule has 1 saturated carbocycles. The van der Waals surface area contributed by atoms with Crippen molar-refractivity contribution in [3.63, 3.8) is 0 Å². The highest BCUT2D eigenvalue weighted by molar-refractivity contribution is 5.79. The summed E-state index contributed by atoms with van der Waals surface area (Å²) in [7, 11) is 1.98. The highest BCUT2D eigenvalue weighted by atomic mass is 16.4. The molecule has 0 bridgehead atoms. The second-order valence-electron chi connectivity index (χ2n) is 3.56. The number of nitrogens with zero attached hydrogens (tertiary/aromatic N) is 1. The van der Waals surface area contributed by atoms with Crippen LogP contribution in [-0.2, 0) is 4.79 Å². The Morgan fingerprint density at radius 2 is 2.50 bits per heavy atom. The highest BCUT2D eigenvalue weighted by Gasteiger charge is 2.64. The van der Waals surface area contributed by atoms with E-state index >= 15 is 0 Å². The van der Waals surface area contributed by atoms with Crippen molar-refractivity contribution in [2.24, 2.45) is 11.3 Å². The summed E-state index contributed by atoms with van der Waals surface area (Å²) in [6, 6.07) is 0. The number of fused-ring (bicyclic) bond motifs is 1. The lowest BCUT2D eigenvalue weighted by Crippen LogP contribution is -2.25. The van der Waals surface area contributed by atoms with E-state index in [1.807, 2.05) is 7.05 Å². The summed E-state index contributed by atoms with van der Waals surface area (Å²) in [6.45, 7) is 1.74. The van der Waals surface area contributed by atoms with Gasteiger partial charge in [0.2, 0.25) is 0 Å². The van der Waals surface area contributed by atoms with Crippen molar-refractivity contribution in [3.8, 4) is 0 Å². The van der Waals surface area contributed by atoms with Crippen LogP contribution in [0.25, 0.3) is 0 Å². The number of piperidine rings is 1. The van der Waals surface area contributed by atoms with Crippen LogP contribution in [-0.4, -0.2) is 36.1 Å². The number of hydrogen-bond donors (Lipinski definition) is 1. The standard InChI is InChI=1S/C7H11NO2/c1-8-3-5-2-7(5,4-8)6(9)10/h5H,2-4H2,1H3,(H,9,10)/t5-,7-/m1/s1. The largest absolute Gasteiger partial charge is 0.481 e. The van der Waals surface area contributed by atoms with Gasteiger partial charge < -0.3 is 10.0 Å². The van der Waals surface area contributed by atoms with Crippen LogP contribution in [0, 0.1) is 11.3 Å². The quantitative estimate of drug-likeness (QED) is 0.559. The molecule has 2 atom stereocenters. The van der Waals surface area contributed by atoms with E-state index in [4.69, 9.17) is 5.11 Å². The fourth-order valence-electron chi connectivity index (χ4n) is 2.07. The van der Waals surface area contributed by atoms with Gasteiger partial charge in [-0.05, 0) is 19.4 Å². The Hall–Kier alpha value is -0.570.